The standard InChI is InChI=1S/C19H17N3O4S/c23-17-10-22(8-7-20-17)19(24)13-3-5-14(6-4-13)26-11-18-21-15(12-27-18)16-2-1-9-25-16/h1-6,9,12H,7-8,10-11H2,(H,20,23). The Morgan fingerprint density at radius 2 is 2.15 bits per heavy atom. The zero-order chi connectivity index (χ0) is 18.6. The summed E-state index contributed by atoms with van der Waals surface area (Å²) < 4.78 is 11.1. The molecule has 138 valence electrons. The number of thiazole rings is 1. The van der Waals surface area contributed by atoms with Gasteiger partial charge < -0.3 is 19.4 Å². The van der Waals surface area contributed by atoms with Crippen LogP contribution in [-0.4, -0.2) is 41.3 Å². The average molecular weight is 383 g/mol. The molecule has 8 heteroatoms. The molecule has 1 aliphatic rings. The fourth-order valence-corrected chi connectivity index (χ4v) is 3.44. The Hall–Kier alpha value is -3.13. The minimum atomic E-state index is -0.153. The van der Waals surface area contributed by atoms with Crippen molar-refractivity contribution in [2.24, 2.45) is 0 Å². The molecule has 0 bridgehead atoms. The van der Waals surface area contributed by atoms with Crippen LogP contribution in [0.5, 0.6) is 5.75 Å². The number of furan rings is 1. The van der Waals surface area contributed by atoms with Crippen molar-refractivity contribution >= 4 is 23.2 Å². The van der Waals surface area contributed by atoms with Crippen molar-refractivity contribution in [2.45, 2.75) is 6.61 Å². The summed E-state index contributed by atoms with van der Waals surface area (Å²) in [6.45, 7) is 1.44. The Morgan fingerprint density at radius 1 is 1.30 bits per heavy atom. The van der Waals surface area contributed by atoms with Gasteiger partial charge in [-0.25, -0.2) is 4.98 Å². The molecule has 27 heavy (non-hydrogen) atoms. The highest BCUT2D eigenvalue weighted by atomic mass is 32.1. The van der Waals surface area contributed by atoms with Gasteiger partial charge in [-0.15, -0.1) is 11.3 Å². The Balaban J connectivity index is 1.35. The first-order valence-corrected chi connectivity index (χ1v) is 9.34. The summed E-state index contributed by atoms with van der Waals surface area (Å²) in [5.41, 5.74) is 1.32. The topological polar surface area (TPSA) is 84.7 Å². The smallest absolute Gasteiger partial charge is 0.254 e. The number of hydrogen-bond donors (Lipinski definition) is 1. The van der Waals surface area contributed by atoms with Crippen molar-refractivity contribution in [1.29, 1.82) is 0 Å². The van der Waals surface area contributed by atoms with Crippen LogP contribution in [0.3, 0.4) is 0 Å². The summed E-state index contributed by atoms with van der Waals surface area (Å²) in [5, 5.41) is 5.47. The van der Waals surface area contributed by atoms with E-state index in [1.165, 1.54) is 11.3 Å². The fourth-order valence-electron chi connectivity index (χ4n) is 2.75. The number of nitrogens with zero attached hydrogens (tertiary/aromatic N) is 2. The predicted octanol–water partition coefficient (Wildman–Crippen LogP) is 2.55. The van der Waals surface area contributed by atoms with E-state index in [0.717, 1.165) is 16.5 Å². The lowest BCUT2D eigenvalue weighted by atomic mass is 10.2. The molecular formula is C19H17N3O4S. The van der Waals surface area contributed by atoms with E-state index in [-0.39, 0.29) is 18.4 Å². The van der Waals surface area contributed by atoms with Crippen molar-refractivity contribution in [2.75, 3.05) is 19.6 Å². The van der Waals surface area contributed by atoms with Crippen LogP contribution in [0.15, 0.2) is 52.5 Å². The third-order valence-electron chi connectivity index (χ3n) is 4.11. The van der Waals surface area contributed by atoms with Crippen molar-refractivity contribution in [3.05, 3.63) is 58.6 Å². The lowest BCUT2D eigenvalue weighted by molar-refractivity contribution is -0.123. The number of nitrogens with one attached hydrogen (secondary N) is 1. The van der Waals surface area contributed by atoms with E-state index in [2.05, 4.69) is 10.3 Å². The first-order valence-electron chi connectivity index (χ1n) is 8.46. The molecule has 2 amide bonds. The first kappa shape index (κ1) is 17.3. The summed E-state index contributed by atoms with van der Waals surface area (Å²) in [7, 11) is 0. The molecule has 0 radical (unpaired) electrons. The van der Waals surface area contributed by atoms with E-state index in [9.17, 15) is 9.59 Å². The Kier molecular flexibility index (Phi) is 4.88. The molecule has 7 nitrogen and oxygen atoms in total. The predicted molar refractivity (Wildman–Crippen MR) is 99.5 cm³/mol. The highest BCUT2D eigenvalue weighted by Crippen LogP contribution is 2.23. The van der Waals surface area contributed by atoms with Gasteiger partial charge in [-0.3, -0.25) is 9.59 Å². The van der Waals surface area contributed by atoms with E-state index in [0.29, 0.717) is 31.0 Å². The molecule has 4 rings (SSSR count). The van der Waals surface area contributed by atoms with Gasteiger partial charge in [0.2, 0.25) is 5.91 Å². The molecule has 0 unspecified atom stereocenters. The third-order valence-corrected chi connectivity index (χ3v) is 4.94. The average Bonchev–Trinajstić information content (AvgIpc) is 3.38. The van der Waals surface area contributed by atoms with Crippen LogP contribution in [0.1, 0.15) is 15.4 Å². The molecule has 0 atom stereocenters. The Bertz CT molecular complexity index is 934. The summed E-state index contributed by atoms with van der Waals surface area (Å²) in [4.78, 5) is 29.9. The van der Waals surface area contributed by atoms with Crippen molar-refractivity contribution in [1.82, 2.24) is 15.2 Å². The normalized spacial score (nSPS) is 14.1. The lowest BCUT2D eigenvalue weighted by Crippen LogP contribution is -2.49. The molecule has 3 aromatic rings. The number of ether oxygens (including phenoxy) is 1. The molecular weight excluding hydrogens is 366 g/mol. The maximum Gasteiger partial charge on any atom is 0.254 e. The van der Waals surface area contributed by atoms with Gasteiger partial charge in [0.1, 0.15) is 23.1 Å². The molecule has 1 N–H and O–H groups in total. The van der Waals surface area contributed by atoms with Gasteiger partial charge in [-0.05, 0) is 36.4 Å². The summed E-state index contributed by atoms with van der Waals surface area (Å²) in [6, 6.07) is 10.6. The zero-order valence-corrected chi connectivity index (χ0v) is 15.2. The van der Waals surface area contributed by atoms with Crippen LogP contribution in [0, 0.1) is 0 Å². The van der Waals surface area contributed by atoms with Gasteiger partial charge in [0.05, 0.1) is 12.8 Å². The zero-order valence-electron chi connectivity index (χ0n) is 14.4. The Morgan fingerprint density at radius 3 is 2.89 bits per heavy atom. The fraction of sp³-hybridized carbons (Fsp3) is 0.211. The summed E-state index contributed by atoms with van der Waals surface area (Å²) in [6.07, 6.45) is 1.62. The van der Waals surface area contributed by atoms with E-state index < -0.39 is 0 Å². The number of amides is 2. The monoisotopic (exact) mass is 383 g/mol. The molecule has 1 saturated heterocycles. The maximum absolute atomic E-state index is 12.4. The largest absolute Gasteiger partial charge is 0.486 e. The molecule has 2 aromatic heterocycles. The number of carbonyl (C=O) groups excluding carboxylic acids is 2. The minimum Gasteiger partial charge on any atom is -0.486 e. The molecule has 0 saturated carbocycles. The molecule has 3 heterocycles. The van der Waals surface area contributed by atoms with Crippen molar-refractivity contribution in [3.63, 3.8) is 0 Å². The molecule has 1 aromatic carbocycles. The Labute approximate surface area is 159 Å². The minimum absolute atomic E-state index is 0.0964. The van der Waals surface area contributed by atoms with Crippen molar-refractivity contribution in [3.8, 4) is 17.2 Å². The van der Waals surface area contributed by atoms with Gasteiger partial charge in [-0.2, -0.15) is 0 Å². The summed E-state index contributed by atoms with van der Waals surface area (Å²) >= 11 is 1.50. The van der Waals surface area contributed by atoms with Crippen LogP contribution in [0.25, 0.3) is 11.5 Å². The quantitative estimate of drug-likeness (QED) is 0.732. The number of rotatable bonds is 5. The van der Waals surface area contributed by atoms with Gasteiger partial charge in [0.25, 0.3) is 5.91 Å². The van der Waals surface area contributed by atoms with Gasteiger partial charge in [0, 0.05) is 24.0 Å². The molecule has 1 fully saturated rings. The number of aromatic nitrogens is 1. The van der Waals surface area contributed by atoms with Crippen LogP contribution in [-0.2, 0) is 11.4 Å². The van der Waals surface area contributed by atoms with Crippen LogP contribution >= 0.6 is 11.3 Å². The number of piperazine rings is 1. The SMILES string of the molecule is O=C1CN(C(=O)c2ccc(OCc3nc(-c4ccco4)cs3)cc2)CCN1. The number of carbonyl (C=O) groups is 2. The second kappa shape index (κ2) is 7.63. The highest BCUT2D eigenvalue weighted by Gasteiger charge is 2.22. The highest BCUT2D eigenvalue weighted by molar-refractivity contribution is 7.09. The van der Waals surface area contributed by atoms with Crippen molar-refractivity contribution < 1.29 is 18.7 Å². The van der Waals surface area contributed by atoms with Gasteiger partial charge >= 0.3 is 0 Å². The number of benzene rings is 1. The van der Waals surface area contributed by atoms with Gasteiger partial charge in [-0.1, -0.05) is 0 Å². The summed E-state index contributed by atoms with van der Waals surface area (Å²) in [5.74, 6) is 1.09. The first-order chi connectivity index (χ1) is 13.2. The van der Waals surface area contributed by atoms with E-state index >= 15 is 0 Å². The third kappa shape index (κ3) is 4.01. The second-order valence-electron chi connectivity index (χ2n) is 5.99. The van der Waals surface area contributed by atoms with E-state index in [4.69, 9.17) is 9.15 Å². The van der Waals surface area contributed by atoms with Gasteiger partial charge in [0.15, 0.2) is 5.76 Å². The molecule has 0 spiro atoms. The molecule has 1 aliphatic heterocycles. The van der Waals surface area contributed by atoms with E-state index in [1.54, 1.807) is 35.4 Å². The molecule has 0 aliphatic carbocycles. The van der Waals surface area contributed by atoms with Crippen LogP contribution < -0.4 is 10.1 Å². The van der Waals surface area contributed by atoms with Crippen LogP contribution in [0.2, 0.25) is 0 Å². The number of hydrogen-bond acceptors (Lipinski definition) is 6. The maximum atomic E-state index is 12.4. The second-order valence-corrected chi connectivity index (χ2v) is 6.94. The van der Waals surface area contributed by atoms with Crippen LogP contribution in [0.4, 0.5) is 0 Å². The van der Waals surface area contributed by atoms with E-state index in [1.807, 2.05) is 17.5 Å². The lowest BCUT2D eigenvalue weighted by Gasteiger charge is -2.26.